The van der Waals surface area contributed by atoms with Crippen LogP contribution < -0.4 is 10.0 Å². The number of fused-ring (bicyclic) bond motifs is 1. The molecule has 0 spiro atoms. The molecular weight excluding hydrogens is 424 g/mol. The van der Waals surface area contributed by atoms with Crippen LogP contribution in [0.5, 0.6) is 0 Å². The van der Waals surface area contributed by atoms with Crippen LogP contribution in [0.3, 0.4) is 0 Å². The highest BCUT2D eigenvalue weighted by molar-refractivity contribution is 7.92. The average Bonchev–Trinajstić information content (AvgIpc) is 3.13. The minimum Gasteiger partial charge on any atom is -0.451 e. The third-order valence-electron chi connectivity index (χ3n) is 4.42. The Bertz CT molecular complexity index is 1360. The molecule has 4 aromatic rings. The Hall–Kier alpha value is -3.29. The van der Waals surface area contributed by atoms with Crippen molar-refractivity contribution in [1.82, 2.24) is 0 Å². The second-order valence-corrected chi connectivity index (χ2v) is 8.81. The lowest BCUT2D eigenvalue weighted by Crippen LogP contribution is -2.15. The number of anilines is 2. The Morgan fingerprint density at radius 2 is 1.77 bits per heavy atom. The minimum atomic E-state index is -3.89. The van der Waals surface area contributed by atoms with E-state index < -0.39 is 15.9 Å². The lowest BCUT2D eigenvalue weighted by molar-refractivity contribution is 0.0998. The molecule has 3 aromatic carbocycles. The summed E-state index contributed by atoms with van der Waals surface area (Å²) < 4.78 is 33.5. The molecule has 8 heteroatoms. The van der Waals surface area contributed by atoms with E-state index in [2.05, 4.69) is 10.0 Å². The van der Waals surface area contributed by atoms with Crippen molar-refractivity contribution in [3.8, 4) is 0 Å². The van der Waals surface area contributed by atoms with Gasteiger partial charge in [0.15, 0.2) is 5.76 Å². The van der Waals surface area contributed by atoms with E-state index in [9.17, 15) is 13.2 Å². The van der Waals surface area contributed by atoms with E-state index in [0.29, 0.717) is 11.3 Å². The van der Waals surface area contributed by atoms with Crippen LogP contribution in [0.2, 0.25) is 5.02 Å². The van der Waals surface area contributed by atoms with Crippen LogP contribution in [0.4, 0.5) is 11.4 Å². The third kappa shape index (κ3) is 4.17. The molecule has 2 N–H and O–H groups in total. The second-order valence-electron chi connectivity index (χ2n) is 6.72. The smallest absolute Gasteiger partial charge is 0.291 e. The zero-order chi connectivity index (χ0) is 21.3. The number of rotatable bonds is 5. The summed E-state index contributed by atoms with van der Waals surface area (Å²) in [5.41, 5.74) is 2.25. The molecule has 1 aromatic heterocycles. The first-order valence-corrected chi connectivity index (χ1v) is 10.9. The van der Waals surface area contributed by atoms with Gasteiger partial charge >= 0.3 is 0 Å². The summed E-state index contributed by atoms with van der Waals surface area (Å²) in [5.74, 6) is -0.337. The molecule has 0 aliphatic rings. The number of sulfonamides is 1. The van der Waals surface area contributed by atoms with Crippen LogP contribution in [0.1, 0.15) is 16.1 Å². The van der Waals surface area contributed by atoms with Crippen molar-refractivity contribution in [3.05, 3.63) is 89.1 Å². The maximum Gasteiger partial charge on any atom is 0.291 e. The Labute approximate surface area is 178 Å². The molecule has 0 radical (unpaired) electrons. The van der Waals surface area contributed by atoms with Crippen molar-refractivity contribution >= 4 is 49.9 Å². The molecule has 1 heterocycles. The summed E-state index contributed by atoms with van der Waals surface area (Å²) in [6, 6.07) is 19.7. The summed E-state index contributed by atoms with van der Waals surface area (Å²) in [4.78, 5) is 12.6. The van der Waals surface area contributed by atoms with E-state index >= 15 is 0 Å². The number of furan rings is 1. The van der Waals surface area contributed by atoms with Crippen LogP contribution in [-0.4, -0.2) is 14.3 Å². The fraction of sp³-hybridized carbons (Fsp3) is 0.0455. The second kappa shape index (κ2) is 7.85. The van der Waals surface area contributed by atoms with Crippen LogP contribution in [0.25, 0.3) is 11.0 Å². The molecule has 0 aliphatic heterocycles. The number of para-hydroxylation sites is 1. The van der Waals surface area contributed by atoms with E-state index in [0.717, 1.165) is 10.9 Å². The minimum absolute atomic E-state index is 0.0135. The topological polar surface area (TPSA) is 88.4 Å². The largest absolute Gasteiger partial charge is 0.451 e. The molecule has 0 saturated carbocycles. The third-order valence-corrected chi connectivity index (χ3v) is 6.11. The van der Waals surface area contributed by atoms with Gasteiger partial charge in [-0.05, 0) is 55.5 Å². The zero-order valence-electron chi connectivity index (χ0n) is 15.8. The number of benzene rings is 3. The van der Waals surface area contributed by atoms with Gasteiger partial charge in [-0.25, -0.2) is 8.42 Å². The highest BCUT2D eigenvalue weighted by Gasteiger charge is 2.18. The Kier molecular flexibility index (Phi) is 5.24. The van der Waals surface area contributed by atoms with Crippen molar-refractivity contribution in [3.63, 3.8) is 0 Å². The van der Waals surface area contributed by atoms with Gasteiger partial charge in [0.2, 0.25) is 0 Å². The van der Waals surface area contributed by atoms with E-state index in [1.165, 1.54) is 12.1 Å². The van der Waals surface area contributed by atoms with Gasteiger partial charge in [-0.1, -0.05) is 41.4 Å². The highest BCUT2D eigenvalue weighted by Crippen LogP contribution is 2.26. The quantitative estimate of drug-likeness (QED) is 0.432. The summed E-state index contributed by atoms with van der Waals surface area (Å²) in [7, 11) is -3.89. The van der Waals surface area contributed by atoms with Crippen LogP contribution in [0, 0.1) is 6.92 Å². The van der Waals surface area contributed by atoms with Crippen molar-refractivity contribution < 1.29 is 17.6 Å². The fourth-order valence-corrected chi connectivity index (χ4v) is 4.32. The summed E-state index contributed by atoms with van der Waals surface area (Å²) in [6.07, 6.45) is 0. The van der Waals surface area contributed by atoms with Crippen LogP contribution >= 0.6 is 11.6 Å². The molecule has 0 unspecified atom stereocenters. The summed E-state index contributed by atoms with van der Waals surface area (Å²) >= 11 is 6.03. The number of aryl methyl sites for hydroxylation is 1. The Morgan fingerprint density at radius 3 is 2.57 bits per heavy atom. The van der Waals surface area contributed by atoms with Crippen LogP contribution in [0.15, 0.2) is 82.1 Å². The van der Waals surface area contributed by atoms with Gasteiger partial charge in [-0.15, -0.1) is 0 Å². The van der Waals surface area contributed by atoms with Gasteiger partial charge in [0.05, 0.1) is 15.6 Å². The molecule has 30 heavy (non-hydrogen) atoms. The number of carbonyl (C=O) groups excluding carboxylic acids is 1. The van der Waals surface area contributed by atoms with Crippen LogP contribution in [-0.2, 0) is 10.0 Å². The highest BCUT2D eigenvalue weighted by atomic mass is 35.5. The Morgan fingerprint density at radius 1 is 0.967 bits per heavy atom. The summed E-state index contributed by atoms with van der Waals surface area (Å²) in [6.45, 7) is 1.95. The molecule has 0 fully saturated rings. The Balaban J connectivity index is 1.56. The van der Waals surface area contributed by atoms with Gasteiger partial charge in [0.25, 0.3) is 15.9 Å². The van der Waals surface area contributed by atoms with Gasteiger partial charge in [0.1, 0.15) is 5.58 Å². The SMILES string of the molecule is Cc1ccc2oc(C(=O)Nc3cccc(S(=O)(=O)Nc4ccccc4Cl)c3)cc2c1. The van der Waals surface area contributed by atoms with Gasteiger partial charge in [0, 0.05) is 11.1 Å². The standard InChI is InChI=1S/C22H17ClN2O4S/c1-14-9-10-20-15(11-14)12-21(29-20)22(26)24-16-5-4-6-17(13-16)30(27,28)25-19-8-3-2-7-18(19)23/h2-13,25H,1H3,(H,24,26). The predicted octanol–water partition coefficient (Wildman–Crippen LogP) is 5.45. The number of nitrogens with one attached hydrogen (secondary N) is 2. The number of carbonyl (C=O) groups is 1. The van der Waals surface area contributed by atoms with Gasteiger partial charge in [-0.3, -0.25) is 9.52 Å². The van der Waals surface area contributed by atoms with Crippen molar-refractivity contribution in [2.45, 2.75) is 11.8 Å². The molecule has 1 amide bonds. The molecular formula is C22H17ClN2O4S. The maximum atomic E-state index is 12.7. The van der Waals surface area contributed by atoms with E-state index in [4.69, 9.17) is 16.0 Å². The molecule has 0 bridgehead atoms. The number of hydrogen-bond donors (Lipinski definition) is 2. The first-order chi connectivity index (χ1) is 14.3. The average molecular weight is 441 g/mol. The number of halogens is 1. The van der Waals surface area contributed by atoms with Crippen molar-refractivity contribution in [1.29, 1.82) is 0 Å². The van der Waals surface area contributed by atoms with Gasteiger partial charge < -0.3 is 9.73 Å². The molecule has 4 rings (SSSR count). The summed E-state index contributed by atoms with van der Waals surface area (Å²) in [5, 5.41) is 3.77. The van der Waals surface area contributed by atoms with Crippen molar-refractivity contribution in [2.24, 2.45) is 0 Å². The fourth-order valence-electron chi connectivity index (χ4n) is 2.96. The van der Waals surface area contributed by atoms with E-state index in [1.807, 2.05) is 19.1 Å². The monoisotopic (exact) mass is 440 g/mol. The maximum absolute atomic E-state index is 12.7. The molecule has 0 aliphatic carbocycles. The normalized spacial score (nSPS) is 11.4. The predicted molar refractivity (Wildman–Crippen MR) is 118 cm³/mol. The van der Waals surface area contributed by atoms with Crippen molar-refractivity contribution in [2.75, 3.05) is 10.0 Å². The zero-order valence-corrected chi connectivity index (χ0v) is 17.4. The van der Waals surface area contributed by atoms with E-state index in [1.54, 1.807) is 48.5 Å². The first-order valence-electron chi connectivity index (χ1n) is 9.01. The van der Waals surface area contributed by atoms with Gasteiger partial charge in [-0.2, -0.15) is 0 Å². The molecule has 0 atom stereocenters. The number of amides is 1. The number of hydrogen-bond acceptors (Lipinski definition) is 4. The lowest BCUT2D eigenvalue weighted by atomic mass is 10.2. The first kappa shape index (κ1) is 20.0. The molecule has 6 nitrogen and oxygen atoms in total. The molecule has 152 valence electrons. The lowest BCUT2D eigenvalue weighted by Gasteiger charge is -2.11. The van der Waals surface area contributed by atoms with E-state index in [-0.39, 0.29) is 21.4 Å². The molecule has 0 saturated heterocycles.